The van der Waals surface area contributed by atoms with Crippen molar-refractivity contribution in [2.24, 2.45) is 0 Å². The predicted octanol–water partition coefficient (Wildman–Crippen LogP) is 5.03. The van der Waals surface area contributed by atoms with Gasteiger partial charge in [-0.1, -0.05) is 53.6 Å². The normalized spacial score (nSPS) is 16.1. The first-order chi connectivity index (χ1) is 11.1. The fraction of sp³-hybridized carbons (Fsp3) is 0.250. The van der Waals surface area contributed by atoms with Crippen LogP contribution in [0.3, 0.4) is 0 Å². The van der Waals surface area contributed by atoms with Gasteiger partial charge in [0.25, 0.3) is 0 Å². The molecule has 0 spiro atoms. The molecule has 1 heterocycles. The molecule has 0 saturated carbocycles. The fourth-order valence-corrected chi connectivity index (χ4v) is 2.89. The van der Waals surface area contributed by atoms with Crippen molar-refractivity contribution < 1.29 is 9.53 Å². The van der Waals surface area contributed by atoms with Gasteiger partial charge in [-0.05, 0) is 44.0 Å². The maximum absolute atomic E-state index is 12.6. The molecule has 1 amide bonds. The highest BCUT2D eigenvalue weighted by molar-refractivity contribution is 5.94. The minimum atomic E-state index is -0.312. The summed E-state index contributed by atoms with van der Waals surface area (Å²) in [5, 5.41) is 0. The Balaban J connectivity index is 2.07. The van der Waals surface area contributed by atoms with E-state index in [1.807, 2.05) is 19.1 Å². The first-order valence-electron chi connectivity index (χ1n) is 7.91. The van der Waals surface area contributed by atoms with Gasteiger partial charge in [0.05, 0.1) is 18.3 Å². The number of nitrogens with zero attached hydrogens (tertiary/aromatic N) is 1. The fourth-order valence-electron chi connectivity index (χ4n) is 2.89. The number of benzene rings is 2. The first-order valence-corrected chi connectivity index (χ1v) is 7.91. The molecule has 0 aromatic heterocycles. The van der Waals surface area contributed by atoms with Gasteiger partial charge >= 0.3 is 6.09 Å². The quantitative estimate of drug-likeness (QED) is 0.778. The third kappa shape index (κ3) is 3.00. The third-order valence-corrected chi connectivity index (χ3v) is 4.06. The van der Waals surface area contributed by atoms with Gasteiger partial charge < -0.3 is 4.74 Å². The molecule has 0 aliphatic carbocycles. The molecule has 2 aromatic rings. The minimum Gasteiger partial charge on any atom is -0.449 e. The van der Waals surface area contributed by atoms with Crippen LogP contribution in [0.4, 0.5) is 10.5 Å². The van der Waals surface area contributed by atoms with Crippen LogP contribution < -0.4 is 4.90 Å². The van der Waals surface area contributed by atoms with Crippen LogP contribution >= 0.6 is 0 Å². The molecule has 0 bridgehead atoms. The molecule has 0 unspecified atom stereocenters. The summed E-state index contributed by atoms with van der Waals surface area (Å²) in [5.74, 6) is 0. The number of hydrogen-bond donors (Lipinski definition) is 0. The zero-order chi connectivity index (χ0) is 16.4. The molecule has 0 fully saturated rings. The molecule has 3 nitrogen and oxygen atoms in total. The van der Waals surface area contributed by atoms with Crippen molar-refractivity contribution in [1.82, 2.24) is 0 Å². The van der Waals surface area contributed by atoms with Crippen molar-refractivity contribution in [1.29, 1.82) is 0 Å². The van der Waals surface area contributed by atoms with E-state index in [1.165, 1.54) is 11.1 Å². The second-order valence-corrected chi connectivity index (χ2v) is 5.85. The Labute approximate surface area is 137 Å². The molecule has 3 rings (SSSR count). The molecule has 1 aliphatic heterocycles. The smallest absolute Gasteiger partial charge is 0.415 e. The highest BCUT2D eigenvalue weighted by Gasteiger charge is 2.30. The lowest BCUT2D eigenvalue weighted by atomic mass is 9.96. The van der Waals surface area contributed by atoms with E-state index in [1.54, 1.807) is 4.90 Å². The van der Waals surface area contributed by atoms with E-state index in [0.717, 1.165) is 16.8 Å². The van der Waals surface area contributed by atoms with E-state index in [2.05, 4.69) is 56.3 Å². The second-order valence-electron chi connectivity index (χ2n) is 5.85. The molecular weight excluding hydrogens is 286 g/mol. The molecule has 118 valence electrons. The van der Waals surface area contributed by atoms with E-state index in [4.69, 9.17) is 4.74 Å². The first kappa shape index (κ1) is 15.3. The summed E-state index contributed by atoms with van der Waals surface area (Å²) in [6.45, 7) is 6.30. The van der Waals surface area contributed by atoms with Crippen molar-refractivity contribution in [3.8, 4) is 0 Å². The number of aryl methyl sites for hydroxylation is 2. The molecule has 23 heavy (non-hydrogen) atoms. The monoisotopic (exact) mass is 307 g/mol. The molecule has 2 aromatic carbocycles. The summed E-state index contributed by atoms with van der Waals surface area (Å²) >= 11 is 0. The van der Waals surface area contributed by atoms with Gasteiger partial charge in [-0.3, -0.25) is 4.90 Å². The largest absolute Gasteiger partial charge is 0.449 e. The SMILES string of the molecule is CCOC(=O)N1c2ccc(C)cc2C=C[C@@H]1c1ccc(C)cc1. The lowest BCUT2D eigenvalue weighted by Gasteiger charge is -2.33. The standard InChI is InChI=1S/C20H21NO2/c1-4-23-20(22)21-18(16-8-5-14(2)6-9-16)12-10-17-13-15(3)7-11-19(17)21/h5-13,18H,4H2,1-3H3/t18-/m1/s1. The third-order valence-electron chi connectivity index (χ3n) is 4.06. The van der Waals surface area contributed by atoms with E-state index in [9.17, 15) is 4.79 Å². The summed E-state index contributed by atoms with van der Waals surface area (Å²) in [6, 6.07) is 14.2. The zero-order valence-electron chi connectivity index (χ0n) is 13.7. The highest BCUT2D eigenvalue weighted by Crippen LogP contribution is 2.37. The number of amides is 1. The molecule has 0 radical (unpaired) electrons. The Kier molecular flexibility index (Phi) is 4.20. The molecular formula is C20H21NO2. The molecule has 3 heteroatoms. The van der Waals surface area contributed by atoms with Crippen molar-refractivity contribution in [3.05, 3.63) is 70.8 Å². The van der Waals surface area contributed by atoms with Crippen molar-refractivity contribution in [2.45, 2.75) is 26.8 Å². The van der Waals surface area contributed by atoms with Crippen LogP contribution in [0.2, 0.25) is 0 Å². The summed E-state index contributed by atoms with van der Waals surface area (Å²) in [6.07, 6.45) is 3.83. The van der Waals surface area contributed by atoms with Gasteiger partial charge in [0.2, 0.25) is 0 Å². The Morgan fingerprint density at radius 2 is 1.78 bits per heavy atom. The molecule has 1 atom stereocenters. The summed E-state index contributed by atoms with van der Waals surface area (Å²) < 4.78 is 5.30. The van der Waals surface area contributed by atoms with Gasteiger partial charge in [-0.25, -0.2) is 4.79 Å². The lowest BCUT2D eigenvalue weighted by Crippen LogP contribution is -2.36. The Morgan fingerprint density at radius 3 is 2.48 bits per heavy atom. The van der Waals surface area contributed by atoms with E-state index < -0.39 is 0 Å². The van der Waals surface area contributed by atoms with Gasteiger partial charge in [-0.15, -0.1) is 0 Å². The van der Waals surface area contributed by atoms with E-state index >= 15 is 0 Å². The second kappa shape index (κ2) is 6.29. The van der Waals surface area contributed by atoms with Crippen LogP contribution in [0, 0.1) is 13.8 Å². The number of fused-ring (bicyclic) bond motifs is 1. The number of anilines is 1. The number of hydrogen-bond acceptors (Lipinski definition) is 2. The Hall–Kier alpha value is -2.55. The summed E-state index contributed by atoms with van der Waals surface area (Å²) in [5.41, 5.74) is 5.38. The van der Waals surface area contributed by atoms with Gasteiger partial charge in [0.1, 0.15) is 0 Å². The maximum atomic E-state index is 12.6. The average Bonchev–Trinajstić information content (AvgIpc) is 2.54. The number of carbonyl (C=O) groups excluding carboxylic acids is 1. The Morgan fingerprint density at radius 1 is 1.09 bits per heavy atom. The van der Waals surface area contributed by atoms with E-state index in [0.29, 0.717) is 6.61 Å². The van der Waals surface area contributed by atoms with Crippen LogP contribution in [-0.2, 0) is 4.74 Å². The number of rotatable bonds is 2. The van der Waals surface area contributed by atoms with Crippen LogP contribution in [-0.4, -0.2) is 12.7 Å². The summed E-state index contributed by atoms with van der Waals surface area (Å²) in [4.78, 5) is 14.3. The molecule has 0 saturated heterocycles. The van der Waals surface area contributed by atoms with Crippen molar-refractivity contribution in [2.75, 3.05) is 11.5 Å². The minimum absolute atomic E-state index is 0.148. The van der Waals surface area contributed by atoms with Crippen LogP contribution in [0.5, 0.6) is 0 Å². The van der Waals surface area contributed by atoms with Crippen molar-refractivity contribution in [3.63, 3.8) is 0 Å². The zero-order valence-corrected chi connectivity index (χ0v) is 13.7. The van der Waals surface area contributed by atoms with Gasteiger partial charge in [-0.2, -0.15) is 0 Å². The summed E-state index contributed by atoms with van der Waals surface area (Å²) in [7, 11) is 0. The molecule has 1 aliphatic rings. The van der Waals surface area contributed by atoms with Gasteiger partial charge in [0, 0.05) is 0 Å². The Bertz CT molecular complexity index is 747. The van der Waals surface area contributed by atoms with Crippen molar-refractivity contribution >= 4 is 17.9 Å². The maximum Gasteiger partial charge on any atom is 0.415 e. The number of carbonyl (C=O) groups is 1. The van der Waals surface area contributed by atoms with Crippen LogP contribution in [0.15, 0.2) is 48.5 Å². The number of ether oxygens (including phenoxy) is 1. The predicted molar refractivity (Wildman–Crippen MR) is 93.6 cm³/mol. The van der Waals surface area contributed by atoms with Gasteiger partial charge in [0.15, 0.2) is 0 Å². The van der Waals surface area contributed by atoms with E-state index in [-0.39, 0.29) is 12.1 Å². The lowest BCUT2D eigenvalue weighted by molar-refractivity contribution is 0.158. The highest BCUT2D eigenvalue weighted by atomic mass is 16.6. The average molecular weight is 307 g/mol. The molecule has 0 N–H and O–H groups in total. The van der Waals surface area contributed by atoms with Crippen LogP contribution in [0.25, 0.3) is 6.08 Å². The topological polar surface area (TPSA) is 29.5 Å². The van der Waals surface area contributed by atoms with Crippen LogP contribution in [0.1, 0.15) is 35.2 Å².